The lowest BCUT2D eigenvalue weighted by molar-refractivity contribution is -0.118. The molecule has 0 radical (unpaired) electrons. The molecule has 2 atom stereocenters. The van der Waals surface area contributed by atoms with Crippen LogP contribution in [0.1, 0.15) is 17.0 Å². The molecule has 1 aliphatic rings. The van der Waals surface area contributed by atoms with Gasteiger partial charge in [0.2, 0.25) is 5.91 Å². The number of carbonyl (C=O) groups is 2. The number of carbonyl (C=O) groups excluding carboxylic acids is 2. The monoisotopic (exact) mass is 545 g/mol. The highest BCUT2D eigenvalue weighted by atomic mass is 79.9. The van der Waals surface area contributed by atoms with Crippen LogP contribution in [0.5, 0.6) is 5.75 Å². The first-order valence-electron chi connectivity index (χ1n) is 10.6. The Hall–Kier alpha value is -3.66. The Morgan fingerprint density at radius 2 is 1.80 bits per heavy atom. The zero-order chi connectivity index (χ0) is 25.1. The van der Waals surface area contributed by atoms with Crippen LogP contribution in [0.4, 0.5) is 25.0 Å². The number of nitrogens with two attached hydrogens (primary N) is 1. The summed E-state index contributed by atoms with van der Waals surface area (Å²) in [5.41, 5.74) is 7.13. The normalized spacial score (nSPS) is 17.4. The fourth-order valence-electron chi connectivity index (χ4n) is 4.05. The van der Waals surface area contributed by atoms with Crippen LogP contribution in [0.2, 0.25) is 0 Å². The van der Waals surface area contributed by atoms with Crippen molar-refractivity contribution in [2.75, 3.05) is 24.3 Å². The minimum absolute atomic E-state index is 0.0717. The lowest BCUT2D eigenvalue weighted by Gasteiger charge is -2.19. The van der Waals surface area contributed by atoms with E-state index in [2.05, 4.69) is 21.2 Å². The summed E-state index contributed by atoms with van der Waals surface area (Å²) in [6.45, 7) is -0.163. The summed E-state index contributed by atoms with van der Waals surface area (Å²) in [4.78, 5) is 27.3. The van der Waals surface area contributed by atoms with Crippen molar-refractivity contribution in [1.29, 1.82) is 0 Å². The quantitative estimate of drug-likeness (QED) is 0.436. The van der Waals surface area contributed by atoms with Crippen LogP contribution in [-0.4, -0.2) is 31.7 Å². The summed E-state index contributed by atoms with van der Waals surface area (Å²) in [5, 5.41) is 2.50. The molecule has 0 saturated carbocycles. The molecule has 182 valence electrons. The van der Waals surface area contributed by atoms with Gasteiger partial charge >= 0.3 is 6.09 Å². The first-order chi connectivity index (χ1) is 16.8. The highest BCUT2D eigenvalue weighted by Crippen LogP contribution is 2.37. The summed E-state index contributed by atoms with van der Waals surface area (Å²) in [6.07, 6.45) is -0.898. The van der Waals surface area contributed by atoms with Gasteiger partial charge in [-0.2, -0.15) is 0 Å². The number of anilines is 2. The number of nitrogens with zero attached hydrogens (tertiary/aromatic N) is 1. The van der Waals surface area contributed by atoms with E-state index in [-0.39, 0.29) is 23.2 Å². The van der Waals surface area contributed by atoms with Gasteiger partial charge in [0.1, 0.15) is 30.0 Å². The zero-order valence-corrected chi connectivity index (χ0v) is 20.2. The van der Waals surface area contributed by atoms with Gasteiger partial charge in [0, 0.05) is 22.5 Å². The van der Waals surface area contributed by atoms with E-state index in [1.807, 2.05) is 0 Å². The lowest BCUT2D eigenvalue weighted by Crippen LogP contribution is -2.44. The Morgan fingerprint density at radius 1 is 1.14 bits per heavy atom. The molecule has 1 aliphatic heterocycles. The van der Waals surface area contributed by atoms with E-state index in [1.54, 1.807) is 48.5 Å². The van der Waals surface area contributed by atoms with Gasteiger partial charge in [-0.15, -0.1) is 0 Å². The number of benzene rings is 3. The number of hydrogen-bond donors (Lipinski definition) is 2. The molecular formula is C25H22BrF2N3O4. The van der Waals surface area contributed by atoms with E-state index in [9.17, 15) is 18.4 Å². The minimum Gasteiger partial charge on any atom is -0.497 e. The SMILES string of the molecule is COc1ccc(COC(=O)N[C@@H]2C(=O)N(c3ccccc3N)C[C@H]2c2c(F)cc(Br)cc2F)cc1. The molecule has 0 spiro atoms. The van der Waals surface area contributed by atoms with E-state index in [0.29, 0.717) is 22.7 Å². The molecule has 3 aromatic rings. The third-order valence-electron chi connectivity index (χ3n) is 5.76. The number of para-hydroxylation sites is 2. The summed E-state index contributed by atoms with van der Waals surface area (Å²) < 4.78 is 40.3. The molecule has 3 N–H and O–H groups in total. The number of methoxy groups -OCH3 is 1. The van der Waals surface area contributed by atoms with Crippen LogP contribution in [-0.2, 0) is 16.1 Å². The molecule has 35 heavy (non-hydrogen) atoms. The first kappa shape index (κ1) is 24.5. The fraction of sp³-hybridized carbons (Fsp3) is 0.200. The fourth-order valence-corrected chi connectivity index (χ4v) is 4.45. The molecule has 0 unspecified atom stereocenters. The number of nitrogens with one attached hydrogen (secondary N) is 1. The van der Waals surface area contributed by atoms with Crippen molar-refractivity contribution in [3.63, 3.8) is 0 Å². The van der Waals surface area contributed by atoms with E-state index in [0.717, 1.165) is 12.1 Å². The van der Waals surface area contributed by atoms with Gasteiger partial charge in [0.05, 0.1) is 18.5 Å². The highest BCUT2D eigenvalue weighted by molar-refractivity contribution is 9.10. The second-order valence-corrected chi connectivity index (χ2v) is 8.86. The van der Waals surface area contributed by atoms with Gasteiger partial charge in [-0.25, -0.2) is 13.6 Å². The Balaban J connectivity index is 1.59. The van der Waals surface area contributed by atoms with Gasteiger partial charge in [-0.05, 0) is 42.0 Å². The van der Waals surface area contributed by atoms with Crippen LogP contribution < -0.4 is 20.7 Å². The van der Waals surface area contributed by atoms with Gasteiger partial charge in [0.25, 0.3) is 0 Å². The number of ether oxygens (including phenoxy) is 2. The maximum absolute atomic E-state index is 14.9. The molecule has 0 aliphatic carbocycles. The second-order valence-electron chi connectivity index (χ2n) is 7.94. The Kier molecular flexibility index (Phi) is 7.20. The van der Waals surface area contributed by atoms with Gasteiger partial charge in [-0.1, -0.05) is 40.2 Å². The Bertz CT molecular complexity index is 1230. The third kappa shape index (κ3) is 5.22. The van der Waals surface area contributed by atoms with Crippen molar-refractivity contribution in [2.24, 2.45) is 0 Å². The number of amides is 2. The molecule has 1 saturated heterocycles. The largest absolute Gasteiger partial charge is 0.497 e. The topological polar surface area (TPSA) is 93.9 Å². The van der Waals surface area contributed by atoms with Crippen molar-refractivity contribution < 1.29 is 27.8 Å². The molecule has 1 fully saturated rings. The molecule has 1 heterocycles. The first-order valence-corrected chi connectivity index (χ1v) is 11.4. The second kappa shape index (κ2) is 10.3. The zero-order valence-electron chi connectivity index (χ0n) is 18.6. The number of rotatable bonds is 6. The number of hydrogen-bond acceptors (Lipinski definition) is 5. The molecule has 7 nitrogen and oxygen atoms in total. The molecular weight excluding hydrogens is 524 g/mol. The maximum atomic E-state index is 14.9. The average molecular weight is 546 g/mol. The Labute approximate surface area is 208 Å². The summed E-state index contributed by atoms with van der Waals surface area (Å²) >= 11 is 3.06. The average Bonchev–Trinajstić information content (AvgIpc) is 3.13. The van der Waals surface area contributed by atoms with Crippen molar-refractivity contribution >= 4 is 39.3 Å². The van der Waals surface area contributed by atoms with Gasteiger partial charge < -0.3 is 25.4 Å². The van der Waals surface area contributed by atoms with Crippen LogP contribution in [0.15, 0.2) is 65.1 Å². The van der Waals surface area contributed by atoms with Gasteiger partial charge in [0.15, 0.2) is 0 Å². The predicted octanol–water partition coefficient (Wildman–Crippen LogP) is 4.74. The predicted molar refractivity (Wildman–Crippen MR) is 130 cm³/mol. The van der Waals surface area contributed by atoms with E-state index in [1.165, 1.54) is 12.0 Å². The van der Waals surface area contributed by atoms with Crippen LogP contribution in [0.25, 0.3) is 0 Å². The molecule has 10 heteroatoms. The molecule has 0 bridgehead atoms. The smallest absolute Gasteiger partial charge is 0.408 e. The lowest BCUT2D eigenvalue weighted by atomic mass is 9.93. The van der Waals surface area contributed by atoms with Crippen molar-refractivity contribution in [3.05, 3.63) is 87.9 Å². The molecule has 2 amide bonds. The van der Waals surface area contributed by atoms with Crippen molar-refractivity contribution in [1.82, 2.24) is 5.32 Å². The molecule has 4 rings (SSSR count). The highest BCUT2D eigenvalue weighted by Gasteiger charge is 2.45. The Morgan fingerprint density at radius 3 is 2.43 bits per heavy atom. The van der Waals surface area contributed by atoms with Crippen molar-refractivity contribution in [2.45, 2.75) is 18.6 Å². The summed E-state index contributed by atoms with van der Waals surface area (Å²) in [7, 11) is 1.54. The summed E-state index contributed by atoms with van der Waals surface area (Å²) in [6, 6.07) is 14.5. The minimum atomic E-state index is -1.27. The van der Waals surface area contributed by atoms with Crippen molar-refractivity contribution in [3.8, 4) is 5.75 Å². The van der Waals surface area contributed by atoms with E-state index >= 15 is 0 Å². The van der Waals surface area contributed by atoms with E-state index in [4.69, 9.17) is 15.2 Å². The standard InChI is InChI=1S/C25H22BrF2N3O4/c1-34-16-8-6-14(7-9-16)13-35-25(33)30-23-17(22-18(27)10-15(26)11-19(22)28)12-31(24(23)32)21-5-3-2-4-20(21)29/h2-11,17,23H,12-13,29H2,1H3,(H,30,33)/t17-,23-/m0/s1. The number of halogens is 3. The molecule has 3 aromatic carbocycles. The third-order valence-corrected chi connectivity index (χ3v) is 6.22. The molecule has 0 aromatic heterocycles. The van der Waals surface area contributed by atoms with Crippen LogP contribution in [0.3, 0.4) is 0 Å². The number of nitrogen functional groups attached to an aromatic ring is 1. The maximum Gasteiger partial charge on any atom is 0.408 e. The van der Waals surface area contributed by atoms with E-state index < -0.39 is 35.6 Å². The van der Waals surface area contributed by atoms with Crippen LogP contribution in [0, 0.1) is 11.6 Å². The van der Waals surface area contributed by atoms with Gasteiger partial charge in [-0.3, -0.25) is 4.79 Å². The summed E-state index contributed by atoms with van der Waals surface area (Å²) in [5.74, 6) is -2.61. The van der Waals surface area contributed by atoms with Crippen LogP contribution >= 0.6 is 15.9 Å². The number of alkyl carbamates (subject to hydrolysis) is 1.